The molecular formula is C20H18ClN3O4S. The van der Waals surface area contributed by atoms with Crippen LogP contribution in [0.15, 0.2) is 60.0 Å². The number of pyridine rings is 2. The Kier molecular flexibility index (Phi) is 6.79. The van der Waals surface area contributed by atoms with E-state index in [-0.39, 0.29) is 21.4 Å². The van der Waals surface area contributed by atoms with Crippen LogP contribution in [-0.2, 0) is 16.6 Å². The van der Waals surface area contributed by atoms with Crippen molar-refractivity contribution in [1.82, 2.24) is 9.97 Å². The van der Waals surface area contributed by atoms with Gasteiger partial charge >= 0.3 is 0 Å². The van der Waals surface area contributed by atoms with Crippen LogP contribution >= 0.6 is 11.6 Å². The Balaban J connectivity index is 1.89. The molecule has 0 aliphatic carbocycles. The third-order valence-electron chi connectivity index (χ3n) is 4.00. The normalized spacial score (nSPS) is 11.6. The van der Waals surface area contributed by atoms with Crippen molar-refractivity contribution in [1.29, 1.82) is 0 Å². The summed E-state index contributed by atoms with van der Waals surface area (Å²) in [4.78, 5) is 20.8. The monoisotopic (exact) mass is 431 g/mol. The Hall–Kier alpha value is -2.97. The van der Waals surface area contributed by atoms with Crippen LogP contribution in [0.25, 0.3) is 0 Å². The van der Waals surface area contributed by atoms with Crippen molar-refractivity contribution in [3.05, 3.63) is 71.1 Å². The molecule has 2 aromatic heterocycles. The van der Waals surface area contributed by atoms with Crippen LogP contribution in [0, 0.1) is 0 Å². The first kappa shape index (κ1) is 20.8. The largest absolute Gasteiger partial charge is 0.497 e. The molecule has 1 aromatic carbocycles. The highest BCUT2D eigenvalue weighted by atomic mass is 35.5. The first-order valence-electron chi connectivity index (χ1n) is 8.48. The van der Waals surface area contributed by atoms with Crippen LogP contribution in [0.2, 0.25) is 5.02 Å². The van der Waals surface area contributed by atoms with Gasteiger partial charge in [0.05, 0.1) is 41.4 Å². The number of hydrogen-bond acceptors (Lipinski definition) is 6. The maximum Gasteiger partial charge on any atom is 0.258 e. The second-order valence-electron chi connectivity index (χ2n) is 5.86. The predicted octanol–water partition coefficient (Wildman–Crippen LogP) is 3.71. The van der Waals surface area contributed by atoms with Gasteiger partial charge in [-0.3, -0.25) is 14.0 Å². The number of carbonyl (C=O) groups is 1. The SMILES string of the molecule is COc1ccc(CS(=O)c2ncc(Cl)cc2C(=O)Nc2ccncc2)c(OC)c1. The van der Waals surface area contributed by atoms with E-state index in [1.54, 1.807) is 49.8 Å². The quantitative estimate of drug-likeness (QED) is 0.613. The van der Waals surface area contributed by atoms with Crippen molar-refractivity contribution in [3.63, 3.8) is 0 Å². The summed E-state index contributed by atoms with van der Waals surface area (Å²) in [5.41, 5.74) is 1.39. The first-order valence-corrected chi connectivity index (χ1v) is 10.2. The number of halogens is 1. The molecular weight excluding hydrogens is 414 g/mol. The number of hydrogen-bond donors (Lipinski definition) is 1. The highest BCUT2D eigenvalue weighted by Crippen LogP contribution is 2.28. The van der Waals surface area contributed by atoms with Gasteiger partial charge in [-0.1, -0.05) is 17.7 Å². The summed E-state index contributed by atoms with van der Waals surface area (Å²) in [5.74, 6) is 0.807. The molecule has 29 heavy (non-hydrogen) atoms. The number of aromatic nitrogens is 2. The van der Waals surface area contributed by atoms with Crippen molar-refractivity contribution >= 4 is 34.0 Å². The van der Waals surface area contributed by atoms with Crippen LogP contribution in [0.3, 0.4) is 0 Å². The molecule has 0 radical (unpaired) electrons. The Morgan fingerprint density at radius 1 is 1.14 bits per heavy atom. The minimum Gasteiger partial charge on any atom is -0.497 e. The molecule has 1 N–H and O–H groups in total. The molecule has 0 spiro atoms. The summed E-state index contributed by atoms with van der Waals surface area (Å²) in [6.45, 7) is 0. The standard InChI is InChI=1S/C20H18ClN3O4S/c1-27-16-4-3-13(18(10-16)28-2)12-29(26)20-17(9-14(21)11-23-20)19(25)24-15-5-7-22-8-6-15/h3-11H,12H2,1-2H3,(H,22,24,25). The van der Waals surface area contributed by atoms with Gasteiger partial charge < -0.3 is 14.8 Å². The fourth-order valence-electron chi connectivity index (χ4n) is 2.59. The van der Waals surface area contributed by atoms with Crippen LogP contribution < -0.4 is 14.8 Å². The van der Waals surface area contributed by atoms with Gasteiger partial charge in [-0.2, -0.15) is 0 Å². The molecule has 0 aliphatic heterocycles. The van der Waals surface area contributed by atoms with Crippen LogP contribution in [0.1, 0.15) is 15.9 Å². The van der Waals surface area contributed by atoms with E-state index in [0.717, 1.165) is 0 Å². The number of amides is 1. The maximum absolute atomic E-state index is 13.1. The molecule has 2 heterocycles. The summed E-state index contributed by atoms with van der Waals surface area (Å²) in [6, 6.07) is 9.97. The molecule has 1 amide bonds. The topological polar surface area (TPSA) is 90.4 Å². The summed E-state index contributed by atoms with van der Waals surface area (Å²) in [7, 11) is 1.46. The molecule has 0 aliphatic rings. The molecule has 0 bridgehead atoms. The second-order valence-corrected chi connectivity index (χ2v) is 7.67. The lowest BCUT2D eigenvalue weighted by molar-refractivity contribution is 0.102. The Morgan fingerprint density at radius 3 is 2.59 bits per heavy atom. The maximum atomic E-state index is 13.1. The molecule has 9 heteroatoms. The van der Waals surface area contributed by atoms with Gasteiger partial charge in [0.2, 0.25) is 0 Å². The summed E-state index contributed by atoms with van der Waals surface area (Å²) in [6.07, 6.45) is 4.48. The van der Waals surface area contributed by atoms with Crippen LogP contribution in [0.5, 0.6) is 11.5 Å². The molecule has 3 rings (SSSR count). The lowest BCUT2D eigenvalue weighted by Gasteiger charge is -2.12. The first-order chi connectivity index (χ1) is 14.0. The van der Waals surface area contributed by atoms with E-state index in [1.807, 2.05) is 0 Å². The minimum absolute atomic E-state index is 0.108. The third kappa shape index (κ3) is 5.10. The molecule has 1 unspecified atom stereocenters. The summed E-state index contributed by atoms with van der Waals surface area (Å²) < 4.78 is 23.6. The molecule has 0 fully saturated rings. The van der Waals surface area contributed by atoms with Crippen molar-refractivity contribution in [2.24, 2.45) is 0 Å². The number of carbonyl (C=O) groups excluding carboxylic acids is 1. The van der Waals surface area contributed by atoms with E-state index >= 15 is 0 Å². The van der Waals surface area contributed by atoms with Gasteiger partial charge in [0.15, 0.2) is 0 Å². The van der Waals surface area contributed by atoms with E-state index in [0.29, 0.717) is 22.7 Å². The van der Waals surface area contributed by atoms with E-state index < -0.39 is 16.7 Å². The number of nitrogens with zero attached hydrogens (tertiary/aromatic N) is 2. The summed E-state index contributed by atoms with van der Waals surface area (Å²) in [5, 5.41) is 3.14. The number of benzene rings is 1. The van der Waals surface area contributed by atoms with Gasteiger partial charge in [0.25, 0.3) is 5.91 Å². The third-order valence-corrected chi connectivity index (χ3v) is 5.53. The Bertz CT molecular complexity index is 1050. The van der Waals surface area contributed by atoms with Gasteiger partial charge in [-0.05, 0) is 24.3 Å². The van der Waals surface area contributed by atoms with Gasteiger partial charge in [-0.15, -0.1) is 0 Å². The van der Waals surface area contributed by atoms with E-state index in [4.69, 9.17) is 21.1 Å². The molecule has 0 saturated heterocycles. The van der Waals surface area contributed by atoms with Crippen molar-refractivity contribution in [3.8, 4) is 11.5 Å². The fraction of sp³-hybridized carbons (Fsp3) is 0.150. The van der Waals surface area contributed by atoms with E-state index in [2.05, 4.69) is 15.3 Å². The van der Waals surface area contributed by atoms with E-state index in [9.17, 15) is 9.00 Å². The highest BCUT2D eigenvalue weighted by molar-refractivity contribution is 7.84. The van der Waals surface area contributed by atoms with Gasteiger partial charge in [-0.25, -0.2) is 4.98 Å². The average Bonchev–Trinajstić information content (AvgIpc) is 2.74. The lowest BCUT2D eigenvalue weighted by atomic mass is 10.2. The molecule has 0 saturated carbocycles. The zero-order valence-electron chi connectivity index (χ0n) is 15.7. The summed E-state index contributed by atoms with van der Waals surface area (Å²) >= 11 is 6.02. The average molecular weight is 432 g/mol. The van der Waals surface area contributed by atoms with Crippen LogP contribution in [-0.4, -0.2) is 34.3 Å². The number of nitrogens with one attached hydrogen (secondary N) is 1. The molecule has 7 nitrogen and oxygen atoms in total. The van der Waals surface area contributed by atoms with Gasteiger partial charge in [0, 0.05) is 35.9 Å². The molecule has 3 aromatic rings. The zero-order valence-corrected chi connectivity index (χ0v) is 17.3. The second kappa shape index (κ2) is 9.49. The van der Waals surface area contributed by atoms with Crippen molar-refractivity contribution < 1.29 is 18.5 Å². The van der Waals surface area contributed by atoms with Crippen molar-refractivity contribution in [2.45, 2.75) is 10.8 Å². The minimum atomic E-state index is -1.62. The van der Waals surface area contributed by atoms with E-state index in [1.165, 1.54) is 19.4 Å². The fourth-order valence-corrected chi connectivity index (χ4v) is 3.97. The molecule has 1 atom stereocenters. The number of methoxy groups -OCH3 is 2. The Morgan fingerprint density at radius 2 is 1.90 bits per heavy atom. The number of rotatable bonds is 7. The zero-order chi connectivity index (χ0) is 20.8. The predicted molar refractivity (Wildman–Crippen MR) is 111 cm³/mol. The smallest absolute Gasteiger partial charge is 0.258 e. The van der Waals surface area contributed by atoms with Gasteiger partial charge in [0.1, 0.15) is 16.5 Å². The number of anilines is 1. The number of ether oxygens (including phenoxy) is 2. The lowest BCUT2D eigenvalue weighted by Crippen LogP contribution is -2.16. The highest BCUT2D eigenvalue weighted by Gasteiger charge is 2.20. The van der Waals surface area contributed by atoms with Crippen molar-refractivity contribution in [2.75, 3.05) is 19.5 Å². The molecule has 150 valence electrons. The van der Waals surface area contributed by atoms with Crippen LogP contribution in [0.4, 0.5) is 5.69 Å². The Labute approximate surface area is 175 Å².